The summed E-state index contributed by atoms with van der Waals surface area (Å²) in [6.07, 6.45) is 4.07. The van der Waals surface area contributed by atoms with Gasteiger partial charge in [0.15, 0.2) is 0 Å². The average Bonchev–Trinajstić information content (AvgIpc) is 2.45. The maximum absolute atomic E-state index is 12.6. The van der Waals surface area contributed by atoms with Crippen molar-refractivity contribution in [2.75, 3.05) is 13.6 Å². The minimum atomic E-state index is -3.49. The molecule has 112 valence electrons. The number of aromatic nitrogens is 1. The van der Waals surface area contributed by atoms with Crippen LogP contribution < -0.4 is 0 Å². The molecule has 0 fully saturated rings. The summed E-state index contributed by atoms with van der Waals surface area (Å²) in [7, 11) is -1.89. The highest BCUT2D eigenvalue weighted by molar-refractivity contribution is 9.10. The van der Waals surface area contributed by atoms with Crippen LogP contribution in [0.15, 0.2) is 52.1 Å². The third-order valence-corrected chi connectivity index (χ3v) is 6.07. The van der Waals surface area contributed by atoms with Gasteiger partial charge in [-0.25, -0.2) is 12.7 Å². The van der Waals surface area contributed by atoms with E-state index in [1.807, 2.05) is 25.1 Å². The minimum absolute atomic E-state index is 0.297. The van der Waals surface area contributed by atoms with Crippen molar-refractivity contribution in [3.63, 3.8) is 0 Å². The molecule has 1 aromatic heterocycles. The molecule has 0 aliphatic rings. The van der Waals surface area contributed by atoms with Crippen molar-refractivity contribution < 1.29 is 8.42 Å². The first-order chi connectivity index (χ1) is 9.91. The molecule has 21 heavy (non-hydrogen) atoms. The fraction of sp³-hybridized carbons (Fsp3) is 0.267. The van der Waals surface area contributed by atoms with Crippen molar-refractivity contribution in [1.82, 2.24) is 9.29 Å². The smallest absolute Gasteiger partial charge is 0.243 e. The highest BCUT2D eigenvalue weighted by Crippen LogP contribution is 2.25. The first-order valence-corrected chi connectivity index (χ1v) is 8.76. The van der Waals surface area contributed by atoms with Gasteiger partial charge in [0.1, 0.15) is 0 Å². The Morgan fingerprint density at radius 1 is 1.19 bits per heavy atom. The fourth-order valence-corrected chi connectivity index (χ4v) is 4.26. The summed E-state index contributed by atoms with van der Waals surface area (Å²) in [5.41, 5.74) is 2.08. The second-order valence-corrected chi connectivity index (χ2v) is 7.73. The highest BCUT2D eigenvalue weighted by atomic mass is 79.9. The van der Waals surface area contributed by atoms with Gasteiger partial charge >= 0.3 is 0 Å². The highest BCUT2D eigenvalue weighted by Gasteiger charge is 2.22. The largest absolute Gasteiger partial charge is 0.265 e. The van der Waals surface area contributed by atoms with Gasteiger partial charge in [-0.3, -0.25) is 4.98 Å². The molecular weight excluding hydrogens is 352 g/mol. The number of sulfonamides is 1. The molecule has 0 N–H and O–H groups in total. The Balaban J connectivity index is 2.15. The van der Waals surface area contributed by atoms with Crippen LogP contribution in [0.25, 0.3) is 0 Å². The molecule has 0 aliphatic heterocycles. The lowest BCUT2D eigenvalue weighted by molar-refractivity contribution is 0.472. The molecule has 0 saturated carbocycles. The number of benzene rings is 1. The van der Waals surface area contributed by atoms with Crippen molar-refractivity contribution in [3.05, 3.63) is 58.3 Å². The number of nitrogens with zero attached hydrogens (tertiary/aromatic N) is 2. The van der Waals surface area contributed by atoms with Gasteiger partial charge in [-0.15, -0.1) is 0 Å². The third kappa shape index (κ3) is 3.90. The average molecular weight is 369 g/mol. The number of likely N-dealkylation sites (N-methyl/N-ethyl adjacent to an activating group) is 1. The summed E-state index contributed by atoms with van der Waals surface area (Å²) >= 11 is 3.33. The Kier molecular flexibility index (Phi) is 5.13. The van der Waals surface area contributed by atoms with E-state index in [9.17, 15) is 8.42 Å². The van der Waals surface area contributed by atoms with E-state index in [0.29, 0.717) is 22.3 Å². The summed E-state index contributed by atoms with van der Waals surface area (Å²) in [5, 5.41) is 0. The summed E-state index contributed by atoms with van der Waals surface area (Å²) in [4.78, 5) is 4.25. The van der Waals surface area contributed by atoms with Crippen molar-refractivity contribution in [1.29, 1.82) is 0 Å². The van der Waals surface area contributed by atoms with Gasteiger partial charge < -0.3 is 0 Å². The molecule has 2 aromatic rings. The van der Waals surface area contributed by atoms with Gasteiger partial charge in [0.2, 0.25) is 10.0 Å². The van der Waals surface area contributed by atoms with Gasteiger partial charge in [-0.1, -0.05) is 6.07 Å². The summed E-state index contributed by atoms with van der Waals surface area (Å²) in [6, 6.07) is 9.03. The number of pyridine rings is 1. The zero-order chi connectivity index (χ0) is 15.5. The molecule has 0 radical (unpaired) electrons. The standard InChI is InChI=1S/C15H17BrN2O2S/c1-12-3-4-15(14(16)11-12)21(19,20)18(2)10-7-13-5-8-17-9-6-13/h3-6,8-9,11H,7,10H2,1-2H3. The molecule has 2 rings (SSSR count). The lowest BCUT2D eigenvalue weighted by Gasteiger charge is -2.18. The Morgan fingerprint density at radius 2 is 1.86 bits per heavy atom. The van der Waals surface area contributed by atoms with Crippen LogP contribution in [0.3, 0.4) is 0 Å². The normalized spacial score (nSPS) is 11.8. The zero-order valence-corrected chi connectivity index (χ0v) is 14.4. The Labute approximate surface area is 134 Å². The second kappa shape index (κ2) is 6.68. The van der Waals surface area contributed by atoms with Gasteiger partial charge in [0.25, 0.3) is 0 Å². The van der Waals surface area contributed by atoms with Crippen LogP contribution in [0.2, 0.25) is 0 Å². The quantitative estimate of drug-likeness (QED) is 0.814. The van der Waals surface area contributed by atoms with Gasteiger partial charge in [-0.05, 0) is 64.7 Å². The molecular formula is C15H17BrN2O2S. The van der Waals surface area contributed by atoms with E-state index in [0.717, 1.165) is 11.1 Å². The van der Waals surface area contributed by atoms with Gasteiger partial charge in [-0.2, -0.15) is 0 Å². The predicted molar refractivity (Wildman–Crippen MR) is 86.6 cm³/mol. The van der Waals surface area contributed by atoms with E-state index in [-0.39, 0.29) is 0 Å². The van der Waals surface area contributed by atoms with E-state index in [1.54, 1.807) is 31.6 Å². The van der Waals surface area contributed by atoms with Crippen LogP contribution in [0, 0.1) is 6.92 Å². The molecule has 0 aliphatic carbocycles. The second-order valence-electron chi connectivity index (χ2n) is 4.87. The van der Waals surface area contributed by atoms with Crippen molar-refractivity contribution in [2.24, 2.45) is 0 Å². The molecule has 1 aromatic carbocycles. The summed E-state index contributed by atoms with van der Waals surface area (Å²) in [6.45, 7) is 2.35. The zero-order valence-electron chi connectivity index (χ0n) is 12.0. The van der Waals surface area contributed by atoms with E-state index >= 15 is 0 Å². The van der Waals surface area contributed by atoms with Crippen molar-refractivity contribution in [3.8, 4) is 0 Å². The monoisotopic (exact) mass is 368 g/mol. The Bertz CT molecular complexity index is 718. The molecule has 0 atom stereocenters. The summed E-state index contributed by atoms with van der Waals surface area (Å²) in [5.74, 6) is 0. The van der Waals surface area contributed by atoms with Crippen LogP contribution in [-0.2, 0) is 16.4 Å². The first kappa shape index (κ1) is 16.1. The van der Waals surface area contributed by atoms with E-state index in [4.69, 9.17) is 0 Å². The van der Waals surface area contributed by atoms with Gasteiger partial charge in [0, 0.05) is 30.5 Å². The van der Waals surface area contributed by atoms with Gasteiger partial charge in [0.05, 0.1) is 4.90 Å². The van der Waals surface area contributed by atoms with Crippen LogP contribution in [-0.4, -0.2) is 31.3 Å². The molecule has 0 saturated heterocycles. The van der Waals surface area contributed by atoms with Crippen LogP contribution in [0.5, 0.6) is 0 Å². The molecule has 6 heteroatoms. The predicted octanol–water partition coefficient (Wildman–Crippen LogP) is 3.02. The molecule has 4 nitrogen and oxygen atoms in total. The molecule has 0 bridgehead atoms. The van der Waals surface area contributed by atoms with Crippen LogP contribution in [0.1, 0.15) is 11.1 Å². The third-order valence-electron chi connectivity index (χ3n) is 3.24. The number of rotatable bonds is 5. The van der Waals surface area contributed by atoms with E-state index in [2.05, 4.69) is 20.9 Å². The topological polar surface area (TPSA) is 50.3 Å². The summed E-state index contributed by atoms with van der Waals surface area (Å²) < 4.78 is 27.1. The number of hydrogen-bond acceptors (Lipinski definition) is 3. The number of halogens is 1. The lowest BCUT2D eigenvalue weighted by Crippen LogP contribution is -2.29. The Morgan fingerprint density at radius 3 is 2.48 bits per heavy atom. The van der Waals surface area contributed by atoms with E-state index in [1.165, 1.54) is 4.31 Å². The number of hydrogen-bond donors (Lipinski definition) is 0. The van der Waals surface area contributed by atoms with Crippen molar-refractivity contribution in [2.45, 2.75) is 18.2 Å². The maximum atomic E-state index is 12.6. The Hall–Kier alpha value is -1.24. The lowest BCUT2D eigenvalue weighted by atomic mass is 10.2. The SMILES string of the molecule is Cc1ccc(S(=O)(=O)N(C)CCc2ccncc2)c(Br)c1. The number of aryl methyl sites for hydroxylation is 1. The van der Waals surface area contributed by atoms with Crippen LogP contribution >= 0.6 is 15.9 Å². The van der Waals surface area contributed by atoms with Crippen LogP contribution in [0.4, 0.5) is 0 Å². The van der Waals surface area contributed by atoms with Crippen molar-refractivity contribution >= 4 is 26.0 Å². The first-order valence-electron chi connectivity index (χ1n) is 6.52. The molecule has 0 spiro atoms. The molecule has 0 amide bonds. The maximum Gasteiger partial charge on any atom is 0.243 e. The minimum Gasteiger partial charge on any atom is -0.265 e. The molecule has 1 heterocycles. The van der Waals surface area contributed by atoms with E-state index < -0.39 is 10.0 Å². The molecule has 0 unspecified atom stereocenters. The fourth-order valence-electron chi connectivity index (χ4n) is 1.94.